The van der Waals surface area contributed by atoms with Gasteiger partial charge in [0, 0.05) is 29.4 Å². The maximum Gasteiger partial charge on any atom is 0.453 e. The van der Waals surface area contributed by atoms with Crippen molar-refractivity contribution in [3.8, 4) is 23.0 Å². The number of hydrogen-bond donors (Lipinski definition) is 2. The summed E-state index contributed by atoms with van der Waals surface area (Å²) in [4.78, 5) is 0. The van der Waals surface area contributed by atoms with Gasteiger partial charge in [-0.1, -0.05) is 62.9 Å². The van der Waals surface area contributed by atoms with Crippen LogP contribution >= 0.6 is 0 Å². The molecule has 3 aromatic carbocycles. The van der Waals surface area contributed by atoms with Gasteiger partial charge < -0.3 is 19.7 Å². The number of rotatable bonds is 12. The second-order valence-corrected chi connectivity index (χ2v) is 10.9. The van der Waals surface area contributed by atoms with E-state index in [0.717, 1.165) is 36.0 Å². The Hall–Kier alpha value is -3.49. The van der Waals surface area contributed by atoms with Gasteiger partial charge in [0.15, 0.2) is 0 Å². The Bertz CT molecular complexity index is 1270. The summed E-state index contributed by atoms with van der Waals surface area (Å²) in [7, 11) is 0. The highest BCUT2D eigenvalue weighted by Gasteiger charge is 2.56. The van der Waals surface area contributed by atoms with E-state index in [1.807, 2.05) is 42.5 Å². The maximum atomic E-state index is 12.9. The molecule has 2 N–H and O–H groups in total. The van der Waals surface area contributed by atoms with Crippen molar-refractivity contribution < 1.29 is 41.6 Å². The predicted octanol–water partition coefficient (Wildman–Crippen LogP) is 8.89. The summed E-state index contributed by atoms with van der Waals surface area (Å²) in [5.74, 6) is -3.07. The Morgan fingerprint density at radius 1 is 0.805 bits per heavy atom. The average Bonchev–Trinajstić information content (AvgIpc) is 2.92. The molecule has 0 saturated heterocycles. The van der Waals surface area contributed by atoms with Crippen molar-refractivity contribution in [1.82, 2.24) is 0 Å². The maximum absolute atomic E-state index is 12.9. The Morgan fingerprint density at radius 2 is 1.41 bits per heavy atom. The number of benzene rings is 3. The number of ether oxygens (including phenoxy) is 2. The van der Waals surface area contributed by atoms with Crippen molar-refractivity contribution in [3.05, 3.63) is 83.4 Å². The van der Waals surface area contributed by atoms with Crippen LogP contribution in [0.5, 0.6) is 23.0 Å². The van der Waals surface area contributed by atoms with Gasteiger partial charge in [0.25, 0.3) is 0 Å². The zero-order chi connectivity index (χ0) is 29.7. The first-order chi connectivity index (χ1) is 19.4. The Labute approximate surface area is 236 Å². The molecule has 0 radical (unpaired) electrons. The van der Waals surface area contributed by atoms with Gasteiger partial charge in [0.2, 0.25) is 0 Å². The molecule has 0 bridgehead atoms. The van der Waals surface area contributed by atoms with Gasteiger partial charge in [-0.15, -0.1) is 0 Å². The van der Waals surface area contributed by atoms with E-state index >= 15 is 0 Å². The summed E-state index contributed by atoms with van der Waals surface area (Å²) < 4.78 is 74.5. The average molecular weight is 579 g/mol. The van der Waals surface area contributed by atoms with Crippen molar-refractivity contribution in [2.45, 2.75) is 75.3 Å². The molecule has 0 fully saturated rings. The summed E-state index contributed by atoms with van der Waals surface area (Å²) in [5.41, 5.74) is 2.54. The molecule has 2 unspecified atom stereocenters. The first-order valence-electron chi connectivity index (χ1n) is 13.8. The van der Waals surface area contributed by atoms with Crippen LogP contribution in [0.1, 0.15) is 74.5 Å². The summed E-state index contributed by atoms with van der Waals surface area (Å²) in [6.07, 6.45) is -3.56. The lowest BCUT2D eigenvalue weighted by atomic mass is 9.65. The molecule has 4 nitrogen and oxygen atoms in total. The van der Waals surface area contributed by atoms with Crippen LogP contribution in [0, 0.1) is 0 Å². The minimum Gasteiger partial charge on any atom is -0.508 e. The standard InChI is InChI=1S/C32H35F5O4/c1-30(23-10-12-24(38)13-11-23)21-41-28-20-25(39)14-17-27(28)29(30)22-8-15-26(16-9-22)40-19-7-5-3-2-4-6-18-31(33,34)32(35,36)37/h8-17,20,29,38-39H,2-7,18-19,21H2,1H3. The minimum atomic E-state index is -5.48. The predicted molar refractivity (Wildman–Crippen MR) is 146 cm³/mol. The number of aromatic hydroxyl groups is 2. The van der Waals surface area contributed by atoms with E-state index in [9.17, 15) is 32.2 Å². The zero-order valence-corrected chi connectivity index (χ0v) is 22.9. The van der Waals surface area contributed by atoms with Gasteiger partial charge in [-0.25, -0.2) is 0 Å². The summed E-state index contributed by atoms with van der Waals surface area (Å²) >= 11 is 0. The fourth-order valence-electron chi connectivity index (χ4n) is 5.42. The molecule has 3 aromatic rings. The van der Waals surface area contributed by atoms with E-state index in [-0.39, 0.29) is 23.8 Å². The van der Waals surface area contributed by atoms with Gasteiger partial charge in [-0.2, -0.15) is 22.0 Å². The monoisotopic (exact) mass is 578 g/mol. The van der Waals surface area contributed by atoms with Gasteiger partial charge >= 0.3 is 12.1 Å². The number of phenolic OH excluding ortho intramolecular Hbond substituents is 2. The molecule has 222 valence electrons. The zero-order valence-electron chi connectivity index (χ0n) is 22.9. The molecule has 41 heavy (non-hydrogen) atoms. The number of phenols is 2. The van der Waals surface area contributed by atoms with Gasteiger partial charge in [-0.05, 0) is 54.3 Å². The van der Waals surface area contributed by atoms with Crippen LogP contribution in [0.3, 0.4) is 0 Å². The normalized spacial score (nSPS) is 18.9. The smallest absolute Gasteiger partial charge is 0.453 e. The van der Waals surface area contributed by atoms with Crippen LogP contribution in [-0.2, 0) is 5.41 Å². The van der Waals surface area contributed by atoms with Crippen molar-refractivity contribution in [2.75, 3.05) is 13.2 Å². The molecule has 2 atom stereocenters. The topological polar surface area (TPSA) is 58.9 Å². The quantitative estimate of drug-likeness (QED) is 0.166. The third-order valence-electron chi connectivity index (χ3n) is 7.78. The molecule has 4 rings (SSSR count). The number of hydrogen-bond acceptors (Lipinski definition) is 4. The molecule has 1 aliphatic rings. The van der Waals surface area contributed by atoms with E-state index in [1.54, 1.807) is 24.3 Å². The van der Waals surface area contributed by atoms with E-state index in [1.165, 1.54) is 0 Å². The molecule has 0 spiro atoms. The van der Waals surface area contributed by atoms with Crippen molar-refractivity contribution in [2.24, 2.45) is 0 Å². The first-order valence-corrected chi connectivity index (χ1v) is 13.8. The lowest BCUT2D eigenvalue weighted by Crippen LogP contribution is -2.40. The number of unbranched alkanes of at least 4 members (excludes halogenated alkanes) is 5. The molecular formula is C32H35F5O4. The largest absolute Gasteiger partial charge is 0.508 e. The summed E-state index contributed by atoms with van der Waals surface area (Å²) in [6.45, 7) is 2.96. The minimum absolute atomic E-state index is 0.0958. The van der Waals surface area contributed by atoms with E-state index in [2.05, 4.69) is 6.92 Å². The van der Waals surface area contributed by atoms with E-state index in [4.69, 9.17) is 9.47 Å². The second kappa shape index (κ2) is 12.6. The number of alkyl halides is 5. The second-order valence-electron chi connectivity index (χ2n) is 10.9. The third kappa shape index (κ3) is 7.24. The lowest BCUT2D eigenvalue weighted by molar-refractivity contribution is -0.284. The molecule has 0 saturated carbocycles. The van der Waals surface area contributed by atoms with Crippen molar-refractivity contribution in [1.29, 1.82) is 0 Å². The molecular weight excluding hydrogens is 543 g/mol. The fraction of sp³-hybridized carbons (Fsp3) is 0.438. The van der Waals surface area contributed by atoms with Crippen LogP contribution in [0.4, 0.5) is 22.0 Å². The van der Waals surface area contributed by atoms with Gasteiger partial charge in [0.1, 0.15) is 23.0 Å². The van der Waals surface area contributed by atoms with Gasteiger partial charge in [-0.3, -0.25) is 0 Å². The van der Waals surface area contributed by atoms with Crippen LogP contribution in [0.2, 0.25) is 0 Å². The highest BCUT2D eigenvalue weighted by Crippen LogP contribution is 2.51. The van der Waals surface area contributed by atoms with Crippen LogP contribution in [0.15, 0.2) is 66.7 Å². The van der Waals surface area contributed by atoms with E-state index < -0.39 is 23.9 Å². The summed E-state index contributed by atoms with van der Waals surface area (Å²) in [5, 5.41) is 19.8. The SMILES string of the molecule is CC1(c2ccc(O)cc2)COc2cc(O)ccc2C1c1ccc(OCCCCCCCCC(F)(F)C(F)(F)F)cc1. The molecule has 1 heterocycles. The molecule has 0 amide bonds. The highest BCUT2D eigenvalue weighted by molar-refractivity contribution is 5.53. The molecule has 1 aliphatic heterocycles. The highest BCUT2D eigenvalue weighted by atomic mass is 19.4. The van der Waals surface area contributed by atoms with Crippen LogP contribution in [0.25, 0.3) is 0 Å². The Morgan fingerprint density at radius 3 is 2.07 bits per heavy atom. The number of fused-ring (bicyclic) bond motifs is 1. The molecule has 0 aromatic heterocycles. The van der Waals surface area contributed by atoms with Crippen molar-refractivity contribution in [3.63, 3.8) is 0 Å². The Kier molecular flexibility index (Phi) is 9.34. The lowest BCUT2D eigenvalue weighted by Gasteiger charge is -2.43. The van der Waals surface area contributed by atoms with Gasteiger partial charge in [0.05, 0.1) is 13.2 Å². The van der Waals surface area contributed by atoms with Crippen molar-refractivity contribution >= 4 is 0 Å². The number of halogens is 5. The van der Waals surface area contributed by atoms with Crippen LogP contribution in [-0.4, -0.2) is 35.5 Å². The Balaban J connectivity index is 1.32. The first kappa shape index (κ1) is 30.5. The summed E-state index contributed by atoms with van der Waals surface area (Å²) in [6, 6.07) is 20.1. The van der Waals surface area contributed by atoms with Crippen LogP contribution < -0.4 is 9.47 Å². The molecule has 0 aliphatic carbocycles. The molecule has 9 heteroatoms. The third-order valence-corrected chi connectivity index (χ3v) is 7.78. The fourth-order valence-corrected chi connectivity index (χ4v) is 5.42. The van der Waals surface area contributed by atoms with E-state index in [0.29, 0.717) is 37.6 Å².